The summed E-state index contributed by atoms with van der Waals surface area (Å²) in [5.74, 6) is 0.932. The summed E-state index contributed by atoms with van der Waals surface area (Å²) >= 11 is 3.53. The molecule has 0 saturated heterocycles. The third-order valence-electron chi connectivity index (χ3n) is 5.66. The first-order valence-electron chi connectivity index (χ1n) is 9.98. The van der Waals surface area contributed by atoms with Crippen LogP contribution in [-0.2, 0) is 5.41 Å². The quantitative estimate of drug-likeness (QED) is 0.266. The SMILES string of the molecule is Cc1cc2cc3sc4ncnc(-c5cc(C(C)(C)C)c6sccc6c5)c4c3cc2o1. The van der Waals surface area contributed by atoms with Gasteiger partial charge in [0.15, 0.2) is 0 Å². The Morgan fingerprint density at radius 2 is 1.83 bits per heavy atom. The van der Waals surface area contributed by atoms with Crippen LogP contribution in [0.1, 0.15) is 32.1 Å². The zero-order valence-electron chi connectivity index (χ0n) is 17.2. The van der Waals surface area contributed by atoms with Crippen molar-refractivity contribution in [1.82, 2.24) is 9.97 Å². The van der Waals surface area contributed by atoms with Gasteiger partial charge in [-0.1, -0.05) is 20.8 Å². The van der Waals surface area contributed by atoms with Crippen LogP contribution in [0.25, 0.3) is 52.6 Å². The molecule has 4 heterocycles. The van der Waals surface area contributed by atoms with E-state index in [9.17, 15) is 0 Å². The van der Waals surface area contributed by atoms with Crippen molar-refractivity contribution in [2.75, 3.05) is 0 Å². The van der Waals surface area contributed by atoms with Crippen molar-refractivity contribution >= 4 is 64.0 Å². The van der Waals surface area contributed by atoms with Gasteiger partial charge in [-0.05, 0) is 65.1 Å². The monoisotopic (exact) mass is 428 g/mol. The van der Waals surface area contributed by atoms with Gasteiger partial charge in [-0.15, -0.1) is 22.7 Å². The average Bonchev–Trinajstić information content (AvgIpc) is 3.39. The van der Waals surface area contributed by atoms with Crippen molar-refractivity contribution in [3.05, 3.63) is 59.4 Å². The van der Waals surface area contributed by atoms with Crippen molar-refractivity contribution in [3.63, 3.8) is 0 Å². The molecule has 0 radical (unpaired) electrons. The Labute approximate surface area is 182 Å². The maximum Gasteiger partial charge on any atom is 0.134 e. The molecule has 4 aromatic heterocycles. The van der Waals surface area contributed by atoms with Crippen molar-refractivity contribution in [2.45, 2.75) is 33.1 Å². The van der Waals surface area contributed by atoms with Crippen LogP contribution in [0.5, 0.6) is 0 Å². The number of thiophene rings is 2. The second kappa shape index (κ2) is 6.13. The Hall–Kier alpha value is -2.76. The molecule has 0 atom stereocenters. The van der Waals surface area contributed by atoms with Crippen LogP contribution in [-0.4, -0.2) is 9.97 Å². The fourth-order valence-electron chi connectivity index (χ4n) is 4.27. The van der Waals surface area contributed by atoms with E-state index in [1.165, 1.54) is 20.3 Å². The minimum atomic E-state index is 0.0554. The Morgan fingerprint density at radius 1 is 0.967 bits per heavy atom. The molecule has 0 aliphatic carbocycles. The number of nitrogens with zero attached hydrogens (tertiary/aromatic N) is 2. The Morgan fingerprint density at radius 3 is 2.67 bits per heavy atom. The standard InChI is InChI=1S/C25H20N2OS2/c1-13-7-15-10-20-17(11-19(15)28-13)21-22(26-12-27-24(21)30-20)16-8-14-5-6-29-23(14)18(9-16)25(2,3)4/h5-12H,1-4H3. The molecule has 0 amide bonds. The van der Waals surface area contributed by atoms with Crippen LogP contribution < -0.4 is 0 Å². The molecule has 5 heteroatoms. The van der Waals surface area contributed by atoms with E-state index >= 15 is 0 Å². The van der Waals surface area contributed by atoms with E-state index in [-0.39, 0.29) is 5.41 Å². The summed E-state index contributed by atoms with van der Waals surface area (Å²) in [6.07, 6.45) is 1.69. The molecular formula is C25H20N2OS2. The van der Waals surface area contributed by atoms with E-state index in [1.54, 1.807) is 17.7 Å². The van der Waals surface area contributed by atoms with E-state index in [0.29, 0.717) is 0 Å². The summed E-state index contributed by atoms with van der Waals surface area (Å²) in [6.45, 7) is 8.81. The largest absolute Gasteiger partial charge is 0.461 e. The lowest BCUT2D eigenvalue weighted by atomic mass is 9.85. The number of furan rings is 1. The van der Waals surface area contributed by atoms with Gasteiger partial charge in [-0.25, -0.2) is 9.97 Å². The van der Waals surface area contributed by atoms with E-state index in [1.807, 2.05) is 18.3 Å². The molecule has 0 unspecified atom stereocenters. The Kier molecular flexibility index (Phi) is 3.68. The molecule has 0 bridgehead atoms. The van der Waals surface area contributed by atoms with Crippen LogP contribution in [0, 0.1) is 6.92 Å². The molecule has 0 aliphatic rings. The first-order chi connectivity index (χ1) is 14.4. The third-order valence-corrected chi connectivity index (χ3v) is 7.69. The van der Waals surface area contributed by atoms with Gasteiger partial charge in [-0.3, -0.25) is 0 Å². The summed E-state index contributed by atoms with van der Waals surface area (Å²) in [5, 5.41) is 6.86. The van der Waals surface area contributed by atoms with Gasteiger partial charge in [0.25, 0.3) is 0 Å². The normalized spacial score (nSPS) is 12.7. The number of fused-ring (bicyclic) bond motifs is 5. The van der Waals surface area contributed by atoms with Crippen molar-refractivity contribution in [3.8, 4) is 11.3 Å². The highest BCUT2D eigenvalue weighted by Crippen LogP contribution is 2.42. The number of aryl methyl sites for hydroxylation is 1. The lowest BCUT2D eigenvalue weighted by Gasteiger charge is -2.21. The van der Waals surface area contributed by atoms with Crippen LogP contribution in [0.3, 0.4) is 0 Å². The third kappa shape index (κ3) is 2.62. The molecule has 2 aromatic carbocycles. The van der Waals surface area contributed by atoms with Crippen molar-refractivity contribution in [2.24, 2.45) is 0 Å². The molecular weight excluding hydrogens is 408 g/mol. The lowest BCUT2D eigenvalue weighted by molar-refractivity contribution is 0.579. The molecule has 6 aromatic rings. The minimum Gasteiger partial charge on any atom is -0.461 e. The molecule has 3 nitrogen and oxygen atoms in total. The Balaban J connectivity index is 1.71. The number of hydrogen-bond donors (Lipinski definition) is 0. The van der Waals surface area contributed by atoms with Gasteiger partial charge in [0.1, 0.15) is 22.5 Å². The number of benzene rings is 2. The molecule has 0 aliphatic heterocycles. The minimum absolute atomic E-state index is 0.0554. The maximum atomic E-state index is 5.92. The zero-order chi connectivity index (χ0) is 20.6. The molecule has 0 N–H and O–H groups in total. The topological polar surface area (TPSA) is 38.9 Å². The smallest absolute Gasteiger partial charge is 0.134 e. The van der Waals surface area contributed by atoms with Gasteiger partial charge in [-0.2, -0.15) is 0 Å². The fourth-order valence-corrected chi connectivity index (χ4v) is 6.45. The van der Waals surface area contributed by atoms with Crippen molar-refractivity contribution < 1.29 is 4.42 Å². The zero-order valence-corrected chi connectivity index (χ0v) is 18.9. The van der Waals surface area contributed by atoms with Gasteiger partial charge < -0.3 is 4.42 Å². The highest BCUT2D eigenvalue weighted by Gasteiger charge is 2.21. The van der Waals surface area contributed by atoms with Crippen molar-refractivity contribution in [1.29, 1.82) is 0 Å². The van der Waals surface area contributed by atoms with Gasteiger partial charge in [0, 0.05) is 31.1 Å². The van der Waals surface area contributed by atoms with E-state index in [0.717, 1.165) is 43.6 Å². The van der Waals surface area contributed by atoms with Crippen LogP contribution in [0.2, 0.25) is 0 Å². The van der Waals surface area contributed by atoms with E-state index in [2.05, 4.69) is 67.5 Å². The predicted molar refractivity (Wildman–Crippen MR) is 129 cm³/mol. The van der Waals surface area contributed by atoms with E-state index in [4.69, 9.17) is 9.40 Å². The molecule has 30 heavy (non-hydrogen) atoms. The molecule has 148 valence electrons. The van der Waals surface area contributed by atoms with Crippen LogP contribution in [0.4, 0.5) is 0 Å². The van der Waals surface area contributed by atoms with E-state index < -0.39 is 0 Å². The molecule has 0 saturated carbocycles. The highest BCUT2D eigenvalue weighted by atomic mass is 32.1. The van der Waals surface area contributed by atoms with Gasteiger partial charge >= 0.3 is 0 Å². The van der Waals surface area contributed by atoms with Crippen LogP contribution in [0.15, 0.2) is 52.5 Å². The highest BCUT2D eigenvalue weighted by molar-refractivity contribution is 7.25. The Bertz CT molecular complexity index is 1590. The average molecular weight is 429 g/mol. The molecule has 0 fully saturated rings. The fraction of sp³-hybridized carbons (Fsp3) is 0.200. The lowest BCUT2D eigenvalue weighted by Crippen LogP contribution is -2.11. The van der Waals surface area contributed by atoms with Gasteiger partial charge in [0.05, 0.1) is 5.69 Å². The number of hydrogen-bond acceptors (Lipinski definition) is 5. The number of aromatic nitrogens is 2. The summed E-state index contributed by atoms with van der Waals surface area (Å²) in [5.41, 5.74) is 4.47. The second-order valence-corrected chi connectivity index (χ2v) is 10.8. The number of rotatable bonds is 1. The van der Waals surface area contributed by atoms with Gasteiger partial charge in [0.2, 0.25) is 0 Å². The molecule has 6 rings (SSSR count). The predicted octanol–water partition coefficient (Wildman–Crippen LogP) is 8.08. The second-order valence-electron chi connectivity index (χ2n) is 8.86. The molecule has 0 spiro atoms. The summed E-state index contributed by atoms with van der Waals surface area (Å²) in [7, 11) is 0. The summed E-state index contributed by atoms with van der Waals surface area (Å²) in [4.78, 5) is 10.4. The summed E-state index contributed by atoms with van der Waals surface area (Å²) in [6, 6.07) is 13.2. The maximum absolute atomic E-state index is 5.92. The summed E-state index contributed by atoms with van der Waals surface area (Å²) < 4.78 is 8.49. The first-order valence-corrected chi connectivity index (χ1v) is 11.7. The van der Waals surface area contributed by atoms with Crippen LogP contribution >= 0.6 is 22.7 Å². The first kappa shape index (κ1) is 18.0.